The van der Waals surface area contributed by atoms with E-state index in [9.17, 15) is 0 Å². The van der Waals surface area contributed by atoms with Gasteiger partial charge in [0.25, 0.3) is 0 Å². The number of nitrogens with one attached hydrogen (secondary N) is 1. The molecular weight excluding hydrogens is 244 g/mol. The van der Waals surface area contributed by atoms with Crippen molar-refractivity contribution in [2.45, 2.75) is 66.2 Å². The van der Waals surface area contributed by atoms with Crippen LogP contribution in [0.4, 0.5) is 0 Å². The van der Waals surface area contributed by atoms with Gasteiger partial charge < -0.3 is 5.32 Å². The minimum Gasteiger partial charge on any atom is -0.308 e. The van der Waals surface area contributed by atoms with Crippen LogP contribution in [0, 0.1) is 5.92 Å². The van der Waals surface area contributed by atoms with Gasteiger partial charge in [0.1, 0.15) is 0 Å². The fraction of sp³-hybridized carbons (Fsp3) is 0.667. The number of hydrogen-bond donors (Lipinski definition) is 1. The van der Waals surface area contributed by atoms with Gasteiger partial charge in [0.05, 0.1) is 0 Å². The molecule has 114 valence electrons. The van der Waals surface area contributed by atoms with Crippen LogP contribution in [0.15, 0.2) is 24.3 Å². The number of nitrogens with zero attached hydrogens (tertiary/aromatic N) is 1. The van der Waals surface area contributed by atoms with Gasteiger partial charge in [-0.25, -0.2) is 0 Å². The van der Waals surface area contributed by atoms with E-state index in [1.807, 2.05) is 0 Å². The van der Waals surface area contributed by atoms with Gasteiger partial charge in [-0.2, -0.15) is 0 Å². The Hall–Kier alpha value is -0.860. The first-order valence-corrected chi connectivity index (χ1v) is 7.72. The first kappa shape index (κ1) is 17.2. The predicted octanol–water partition coefficient (Wildman–Crippen LogP) is 4.05. The van der Waals surface area contributed by atoms with E-state index in [0.717, 1.165) is 13.1 Å². The summed E-state index contributed by atoms with van der Waals surface area (Å²) in [5, 5.41) is 3.52. The molecule has 0 aromatic heterocycles. The summed E-state index contributed by atoms with van der Waals surface area (Å²) < 4.78 is 0. The van der Waals surface area contributed by atoms with Gasteiger partial charge in [-0.1, -0.05) is 38.1 Å². The highest BCUT2D eigenvalue weighted by atomic mass is 15.1. The van der Waals surface area contributed by atoms with Crippen LogP contribution < -0.4 is 5.32 Å². The van der Waals surface area contributed by atoms with E-state index < -0.39 is 0 Å². The number of benzene rings is 1. The second-order valence-electron chi connectivity index (χ2n) is 7.32. The van der Waals surface area contributed by atoms with Crippen LogP contribution >= 0.6 is 0 Å². The van der Waals surface area contributed by atoms with Gasteiger partial charge in [0.2, 0.25) is 0 Å². The Morgan fingerprint density at radius 3 is 1.95 bits per heavy atom. The average Bonchev–Trinajstić information content (AvgIpc) is 2.36. The van der Waals surface area contributed by atoms with Gasteiger partial charge in [0, 0.05) is 24.7 Å². The number of rotatable bonds is 6. The molecule has 0 radical (unpaired) electrons. The first-order valence-electron chi connectivity index (χ1n) is 7.72. The smallest absolute Gasteiger partial charge is 0.0233 e. The second-order valence-corrected chi connectivity index (χ2v) is 7.32. The van der Waals surface area contributed by atoms with Crippen molar-refractivity contribution in [3.63, 3.8) is 0 Å². The molecule has 1 rings (SSSR count). The molecule has 0 aliphatic rings. The second kappa shape index (κ2) is 7.24. The molecule has 0 amide bonds. The normalized spacial score (nSPS) is 14.1. The molecule has 0 bridgehead atoms. The highest BCUT2D eigenvalue weighted by Crippen LogP contribution is 2.13. The molecule has 1 N–H and O–H groups in total. The Bertz CT molecular complexity index is 387. The molecule has 1 aromatic carbocycles. The summed E-state index contributed by atoms with van der Waals surface area (Å²) in [5.74, 6) is 0.690. The molecular formula is C18H32N2. The lowest BCUT2D eigenvalue weighted by molar-refractivity contribution is 0.200. The summed E-state index contributed by atoms with van der Waals surface area (Å²) in [4.78, 5) is 2.42. The molecule has 0 fully saturated rings. The summed E-state index contributed by atoms with van der Waals surface area (Å²) in [7, 11) is 2.21. The van der Waals surface area contributed by atoms with Crippen molar-refractivity contribution < 1.29 is 0 Å². The molecule has 0 spiro atoms. The Balaban J connectivity index is 2.54. The zero-order valence-corrected chi connectivity index (χ0v) is 14.3. The van der Waals surface area contributed by atoms with Crippen LogP contribution in [0.1, 0.15) is 52.7 Å². The number of hydrogen-bond acceptors (Lipinski definition) is 2. The van der Waals surface area contributed by atoms with Crippen LogP contribution in [0.2, 0.25) is 0 Å². The Morgan fingerprint density at radius 1 is 1.00 bits per heavy atom. The maximum atomic E-state index is 3.52. The van der Waals surface area contributed by atoms with Crippen molar-refractivity contribution in [1.82, 2.24) is 10.2 Å². The van der Waals surface area contributed by atoms with E-state index in [4.69, 9.17) is 0 Å². The van der Waals surface area contributed by atoms with Gasteiger partial charge in [-0.05, 0) is 51.8 Å². The Kier molecular flexibility index (Phi) is 6.22. The molecule has 0 saturated heterocycles. The van der Waals surface area contributed by atoms with Crippen LogP contribution in [0.25, 0.3) is 0 Å². The maximum Gasteiger partial charge on any atom is 0.0233 e. The zero-order valence-electron chi connectivity index (χ0n) is 14.3. The molecule has 0 aliphatic carbocycles. The van der Waals surface area contributed by atoms with Crippen molar-refractivity contribution in [2.75, 3.05) is 7.05 Å². The zero-order chi connectivity index (χ0) is 15.3. The third-order valence-electron chi connectivity index (χ3n) is 3.94. The summed E-state index contributed by atoms with van der Waals surface area (Å²) >= 11 is 0. The highest BCUT2D eigenvalue weighted by molar-refractivity contribution is 5.22. The maximum absolute atomic E-state index is 3.52. The topological polar surface area (TPSA) is 15.3 Å². The minimum atomic E-state index is 0.172. The molecule has 2 heteroatoms. The van der Waals surface area contributed by atoms with Gasteiger partial charge in [0.15, 0.2) is 0 Å². The van der Waals surface area contributed by atoms with Crippen LogP contribution in [0.5, 0.6) is 0 Å². The summed E-state index contributed by atoms with van der Waals surface area (Å²) in [5.41, 5.74) is 2.91. The van der Waals surface area contributed by atoms with Crippen molar-refractivity contribution >= 4 is 0 Å². The van der Waals surface area contributed by atoms with Crippen molar-refractivity contribution in [1.29, 1.82) is 0 Å². The molecule has 0 saturated carbocycles. The van der Waals surface area contributed by atoms with E-state index in [0.29, 0.717) is 12.0 Å². The fourth-order valence-electron chi connectivity index (χ4n) is 2.07. The quantitative estimate of drug-likeness (QED) is 0.843. The van der Waals surface area contributed by atoms with Crippen LogP contribution in [-0.4, -0.2) is 23.5 Å². The van der Waals surface area contributed by atoms with Gasteiger partial charge in [-0.15, -0.1) is 0 Å². The molecule has 1 atom stereocenters. The highest BCUT2D eigenvalue weighted by Gasteiger charge is 2.13. The minimum absolute atomic E-state index is 0.172. The molecule has 2 nitrogen and oxygen atoms in total. The Labute approximate surface area is 125 Å². The fourth-order valence-corrected chi connectivity index (χ4v) is 2.07. The molecule has 1 aromatic rings. The predicted molar refractivity (Wildman–Crippen MR) is 88.8 cm³/mol. The van der Waals surface area contributed by atoms with E-state index in [1.54, 1.807) is 0 Å². The molecule has 1 unspecified atom stereocenters. The molecule has 0 heterocycles. The SMILES string of the molecule is CC(C)C(C)N(C)Cc1ccc(CNC(C)(C)C)cc1. The van der Waals surface area contributed by atoms with Gasteiger partial charge in [-0.3, -0.25) is 4.90 Å². The van der Waals surface area contributed by atoms with E-state index in [1.165, 1.54) is 11.1 Å². The third kappa shape index (κ3) is 6.06. The van der Waals surface area contributed by atoms with Crippen LogP contribution in [0.3, 0.4) is 0 Å². The van der Waals surface area contributed by atoms with Crippen molar-refractivity contribution in [3.8, 4) is 0 Å². The molecule has 20 heavy (non-hydrogen) atoms. The van der Waals surface area contributed by atoms with Crippen LogP contribution in [-0.2, 0) is 13.1 Å². The average molecular weight is 276 g/mol. The Morgan fingerprint density at radius 2 is 1.50 bits per heavy atom. The van der Waals surface area contributed by atoms with Gasteiger partial charge >= 0.3 is 0 Å². The first-order chi connectivity index (χ1) is 9.19. The summed E-state index contributed by atoms with van der Waals surface area (Å²) in [6, 6.07) is 9.59. The third-order valence-corrected chi connectivity index (χ3v) is 3.94. The lowest BCUT2D eigenvalue weighted by Gasteiger charge is -2.28. The van der Waals surface area contributed by atoms with Crippen molar-refractivity contribution in [3.05, 3.63) is 35.4 Å². The van der Waals surface area contributed by atoms with E-state index >= 15 is 0 Å². The molecule has 0 aliphatic heterocycles. The summed E-state index contributed by atoms with van der Waals surface area (Å²) in [6.07, 6.45) is 0. The lowest BCUT2D eigenvalue weighted by Crippen LogP contribution is -2.35. The van der Waals surface area contributed by atoms with Crippen molar-refractivity contribution in [2.24, 2.45) is 5.92 Å². The lowest BCUT2D eigenvalue weighted by atomic mass is 10.0. The van der Waals surface area contributed by atoms with E-state index in [-0.39, 0.29) is 5.54 Å². The largest absolute Gasteiger partial charge is 0.308 e. The summed E-state index contributed by atoms with van der Waals surface area (Å²) in [6.45, 7) is 15.4. The monoisotopic (exact) mass is 276 g/mol. The standard InChI is InChI=1S/C18H32N2/c1-14(2)15(3)20(7)13-17-10-8-16(9-11-17)12-19-18(4,5)6/h8-11,14-15,19H,12-13H2,1-7H3. The van der Waals surface area contributed by atoms with E-state index in [2.05, 4.69) is 83.1 Å².